The van der Waals surface area contributed by atoms with Crippen molar-refractivity contribution in [2.75, 3.05) is 54.0 Å². The van der Waals surface area contributed by atoms with Crippen LogP contribution in [0.4, 0.5) is 0 Å². The molecule has 1 saturated carbocycles. The van der Waals surface area contributed by atoms with Crippen LogP contribution in [-0.2, 0) is 20.8 Å². The zero-order chi connectivity index (χ0) is 28.0. The quantitative estimate of drug-likeness (QED) is 0.523. The number of ether oxygens (including phenoxy) is 2. The van der Waals surface area contributed by atoms with Gasteiger partial charge in [-0.25, -0.2) is 4.98 Å². The fourth-order valence-electron chi connectivity index (χ4n) is 5.69. The molecule has 6 rings (SSSR count). The van der Waals surface area contributed by atoms with Gasteiger partial charge in [0.15, 0.2) is 17.0 Å². The van der Waals surface area contributed by atoms with E-state index in [2.05, 4.69) is 27.9 Å². The van der Waals surface area contributed by atoms with E-state index < -0.39 is 0 Å². The van der Waals surface area contributed by atoms with Gasteiger partial charge in [-0.15, -0.1) is 5.10 Å². The number of carbonyl (C=O) groups excluding carboxylic acids is 1. The maximum Gasteiger partial charge on any atom is 0.246 e. The number of nitrogens with one attached hydrogen (secondary N) is 1. The molecule has 1 N–H and O–H groups in total. The predicted molar refractivity (Wildman–Crippen MR) is 151 cm³/mol. The van der Waals surface area contributed by atoms with Crippen molar-refractivity contribution in [1.29, 1.82) is 0 Å². The van der Waals surface area contributed by atoms with Crippen LogP contribution < -0.4 is 16.0 Å². The van der Waals surface area contributed by atoms with Gasteiger partial charge in [-0.2, -0.15) is 9.51 Å². The molecule has 1 amide bonds. The largest absolute Gasteiger partial charge is 0.501 e. The lowest BCUT2D eigenvalue weighted by molar-refractivity contribution is -0.127. The number of fused-ring (bicyclic) bond motifs is 3. The van der Waals surface area contributed by atoms with Crippen LogP contribution in [0.5, 0.6) is 0 Å². The van der Waals surface area contributed by atoms with Crippen molar-refractivity contribution in [1.82, 2.24) is 29.7 Å². The molecule has 4 aliphatic rings. The Labute approximate surface area is 237 Å². The van der Waals surface area contributed by atoms with Crippen molar-refractivity contribution in [3.8, 4) is 0 Å². The molecule has 2 aliphatic carbocycles. The van der Waals surface area contributed by atoms with Crippen molar-refractivity contribution in [2.24, 2.45) is 15.9 Å². The van der Waals surface area contributed by atoms with E-state index in [1.54, 1.807) is 21.3 Å². The van der Waals surface area contributed by atoms with Gasteiger partial charge in [0.1, 0.15) is 11.5 Å². The summed E-state index contributed by atoms with van der Waals surface area (Å²) < 4.78 is 13.0. The summed E-state index contributed by atoms with van der Waals surface area (Å²) in [6, 6.07) is 2.09. The lowest BCUT2D eigenvalue weighted by Crippen LogP contribution is -2.48. The molecular weight excluding hydrogens is 532 g/mol. The summed E-state index contributed by atoms with van der Waals surface area (Å²) in [7, 11) is 4.96. The molecule has 2 atom stereocenters. The fraction of sp³-hybridized carbons (Fsp3) is 0.464. The first-order valence-electron chi connectivity index (χ1n) is 13.5. The van der Waals surface area contributed by atoms with E-state index in [0.29, 0.717) is 41.3 Å². The molecule has 40 heavy (non-hydrogen) atoms. The van der Waals surface area contributed by atoms with E-state index >= 15 is 0 Å². The molecule has 0 radical (unpaired) electrons. The molecule has 2 aromatic heterocycles. The maximum absolute atomic E-state index is 11.9. The van der Waals surface area contributed by atoms with Crippen molar-refractivity contribution >= 4 is 34.7 Å². The van der Waals surface area contributed by atoms with E-state index in [-0.39, 0.29) is 11.8 Å². The third kappa shape index (κ3) is 4.77. The molecule has 2 aliphatic heterocycles. The lowest BCUT2D eigenvalue weighted by atomic mass is 10.0. The van der Waals surface area contributed by atoms with E-state index in [1.165, 1.54) is 6.08 Å². The topological polar surface area (TPSA) is 109 Å². The number of hydrogen-bond donors (Lipinski definition) is 1. The average Bonchev–Trinajstić information content (AvgIpc) is 3.61. The standard InChI is InChI=1S/C28H33ClN8O3/c1-5-23(38)36-8-6-35(7-9-36)15-17-11-19(17)25-32-27-21(20-12-18(39-3)13-22(40-4)24(20)29)10-16-14-31-28(30-2)33-26(16)37(27)34-25/h5,10,13,17,19H,1,6-9,11-12,14-15H2,2-4H3,(H,30,31). The summed E-state index contributed by atoms with van der Waals surface area (Å²) in [5.41, 5.74) is 3.29. The number of pyridine rings is 1. The first-order valence-corrected chi connectivity index (χ1v) is 13.8. The Kier molecular flexibility index (Phi) is 7.09. The Balaban J connectivity index is 1.37. The highest BCUT2D eigenvalue weighted by Crippen LogP contribution is 2.46. The van der Waals surface area contributed by atoms with Crippen LogP contribution in [0.15, 0.2) is 51.3 Å². The maximum atomic E-state index is 11.9. The lowest BCUT2D eigenvalue weighted by Gasteiger charge is -2.34. The molecule has 12 heteroatoms. The summed E-state index contributed by atoms with van der Waals surface area (Å²) in [5.74, 6) is 3.43. The summed E-state index contributed by atoms with van der Waals surface area (Å²) in [6.07, 6.45) is 4.75. The second-order valence-corrected chi connectivity index (χ2v) is 10.8. The smallest absolute Gasteiger partial charge is 0.246 e. The van der Waals surface area contributed by atoms with Crippen LogP contribution in [-0.4, -0.2) is 90.3 Å². The molecule has 0 aromatic carbocycles. The number of aromatic nitrogens is 3. The van der Waals surface area contributed by atoms with Crippen LogP contribution >= 0.6 is 11.6 Å². The van der Waals surface area contributed by atoms with Crippen molar-refractivity contribution < 1.29 is 14.3 Å². The normalized spacial score (nSPS) is 25.2. The van der Waals surface area contributed by atoms with Gasteiger partial charge in [0.25, 0.3) is 0 Å². The number of hydrogen-bond acceptors (Lipinski definition) is 7. The summed E-state index contributed by atoms with van der Waals surface area (Å²) in [4.78, 5) is 30.3. The van der Waals surface area contributed by atoms with Crippen LogP contribution in [0.3, 0.4) is 0 Å². The van der Waals surface area contributed by atoms with Gasteiger partial charge in [0.2, 0.25) is 11.9 Å². The second-order valence-electron chi connectivity index (χ2n) is 10.4. The highest BCUT2D eigenvalue weighted by atomic mass is 35.5. The summed E-state index contributed by atoms with van der Waals surface area (Å²) in [5, 5.41) is 9.67. The Bertz CT molecular complexity index is 1600. The molecule has 2 aromatic rings. The second kappa shape index (κ2) is 10.7. The highest BCUT2D eigenvalue weighted by Gasteiger charge is 2.43. The Morgan fingerprint density at radius 3 is 2.77 bits per heavy atom. The Morgan fingerprint density at radius 1 is 1.27 bits per heavy atom. The van der Waals surface area contributed by atoms with Gasteiger partial charge in [-0.1, -0.05) is 18.2 Å². The molecule has 0 spiro atoms. The number of methoxy groups -OCH3 is 2. The van der Waals surface area contributed by atoms with E-state index in [0.717, 1.165) is 72.6 Å². The summed E-state index contributed by atoms with van der Waals surface area (Å²) in [6.45, 7) is 8.33. The molecule has 4 heterocycles. The van der Waals surface area contributed by atoms with Crippen molar-refractivity contribution in [2.45, 2.75) is 25.3 Å². The van der Waals surface area contributed by atoms with Crippen molar-refractivity contribution in [3.05, 3.63) is 63.4 Å². The Morgan fingerprint density at radius 2 is 2.08 bits per heavy atom. The molecular formula is C28H33ClN8O3. The van der Waals surface area contributed by atoms with E-state index in [9.17, 15) is 4.79 Å². The minimum absolute atomic E-state index is 0.00499. The number of rotatable bonds is 6. The monoisotopic (exact) mass is 564 g/mol. The molecule has 0 bridgehead atoms. The third-order valence-electron chi connectivity index (χ3n) is 8.07. The van der Waals surface area contributed by atoms with Crippen LogP contribution in [0, 0.1) is 5.92 Å². The molecule has 1 saturated heterocycles. The van der Waals surface area contributed by atoms with Gasteiger partial charge in [-0.3, -0.25) is 14.7 Å². The number of nitrogens with zero attached hydrogens (tertiary/aromatic N) is 7. The first-order chi connectivity index (χ1) is 19.4. The minimum atomic E-state index is 0.00499. The number of guanidine groups is 1. The van der Waals surface area contributed by atoms with E-state index in [1.807, 2.05) is 15.5 Å². The van der Waals surface area contributed by atoms with Crippen LogP contribution in [0.2, 0.25) is 0 Å². The van der Waals surface area contributed by atoms with Gasteiger partial charge >= 0.3 is 0 Å². The minimum Gasteiger partial charge on any atom is -0.501 e. The van der Waals surface area contributed by atoms with Gasteiger partial charge in [0.05, 0.1) is 19.3 Å². The number of aliphatic imine (C=N–C) groups is 1. The van der Waals surface area contributed by atoms with Gasteiger partial charge in [0, 0.05) is 75.5 Å². The predicted octanol–water partition coefficient (Wildman–Crippen LogP) is 1.05. The first kappa shape index (κ1) is 26.5. The zero-order valence-corrected chi connectivity index (χ0v) is 23.7. The Hall–Kier alpha value is -3.70. The number of amides is 1. The zero-order valence-electron chi connectivity index (χ0n) is 23.0. The summed E-state index contributed by atoms with van der Waals surface area (Å²) >= 11 is 6.85. The number of carbonyl (C=O) groups is 1. The SMILES string of the molecule is C=CC(=O)N1CCN(CC2CC2c2nc3c(=C4CC(OC)=CC(OC)=C4Cl)cc4c(n3n2)=NC(=NC)NC4)CC1. The van der Waals surface area contributed by atoms with Gasteiger partial charge in [-0.05, 0) is 30.1 Å². The number of piperazine rings is 1. The number of halogens is 1. The average molecular weight is 565 g/mol. The molecule has 11 nitrogen and oxygen atoms in total. The number of allylic oxidation sites excluding steroid dienone is 3. The fourth-order valence-corrected chi connectivity index (χ4v) is 5.99. The molecule has 210 valence electrons. The van der Waals surface area contributed by atoms with Gasteiger partial charge < -0.3 is 19.7 Å². The highest BCUT2D eigenvalue weighted by molar-refractivity contribution is 6.36. The third-order valence-corrected chi connectivity index (χ3v) is 8.48. The van der Waals surface area contributed by atoms with Crippen LogP contribution in [0.25, 0.3) is 11.2 Å². The van der Waals surface area contributed by atoms with E-state index in [4.69, 9.17) is 36.1 Å². The van der Waals surface area contributed by atoms with Crippen LogP contribution in [0.1, 0.15) is 30.1 Å². The molecule has 2 fully saturated rings. The van der Waals surface area contributed by atoms with Crippen molar-refractivity contribution in [3.63, 3.8) is 0 Å². The molecule has 2 unspecified atom stereocenters.